The van der Waals surface area contributed by atoms with Crippen LogP contribution in [0.25, 0.3) is 109 Å². The molecule has 286 valence electrons. The van der Waals surface area contributed by atoms with Crippen LogP contribution in [0, 0.1) is 12.8 Å². The number of hydrogen-bond acceptors (Lipinski definition) is 2. The second-order valence-corrected chi connectivity index (χ2v) is 16.4. The summed E-state index contributed by atoms with van der Waals surface area (Å²) < 4.78 is 0. The van der Waals surface area contributed by atoms with E-state index < -0.39 is 0 Å². The van der Waals surface area contributed by atoms with Gasteiger partial charge in [-0.3, -0.25) is 4.99 Å². The first kappa shape index (κ1) is 35.3. The quantitative estimate of drug-likeness (QED) is 0.129. The molecule has 0 saturated carbocycles. The van der Waals surface area contributed by atoms with Crippen molar-refractivity contribution in [1.82, 2.24) is 4.98 Å². The third-order valence-corrected chi connectivity index (χ3v) is 12.9. The minimum atomic E-state index is 0.257. The molecule has 2 nitrogen and oxygen atoms in total. The molecule has 0 amide bonds. The van der Waals surface area contributed by atoms with E-state index in [9.17, 15) is 0 Å². The van der Waals surface area contributed by atoms with Crippen LogP contribution in [0.15, 0.2) is 205 Å². The molecular formula is C59H40N2. The van der Waals surface area contributed by atoms with Gasteiger partial charge < -0.3 is 0 Å². The zero-order chi connectivity index (χ0) is 40.6. The summed E-state index contributed by atoms with van der Waals surface area (Å²) >= 11 is 0. The van der Waals surface area contributed by atoms with Crippen LogP contribution in [-0.2, 0) is 0 Å². The summed E-state index contributed by atoms with van der Waals surface area (Å²) in [6.45, 7) is 4.43. The Morgan fingerprint density at radius 3 is 1.66 bits per heavy atom. The fourth-order valence-electron chi connectivity index (χ4n) is 10.1. The average molecular weight is 777 g/mol. The molecule has 1 atom stereocenters. The van der Waals surface area contributed by atoms with Gasteiger partial charge in [0.2, 0.25) is 0 Å². The van der Waals surface area contributed by atoms with E-state index in [1.165, 1.54) is 86.9 Å². The zero-order valence-electron chi connectivity index (χ0n) is 34.0. The zero-order valence-corrected chi connectivity index (χ0v) is 34.0. The number of allylic oxidation sites excluding steroid dienone is 4. The van der Waals surface area contributed by atoms with Crippen molar-refractivity contribution in [3.63, 3.8) is 0 Å². The number of aromatic nitrogens is 1. The van der Waals surface area contributed by atoms with Gasteiger partial charge >= 0.3 is 0 Å². The SMILES string of the molecule is Cc1cc(-c2c3ccccc3c(-c3cc4c(-c5ccccc5)nc5c6ccccc6ccc5c4c4ccccc34)c3ccccc23)c2ccccc2c1N=C1C=CC=CC1C. The number of benzene rings is 10. The standard InChI is InChI=1S/C59H40N2/c1-36-18-6-17-31-53(36)60-57-37(2)34-50(42-24-10-16-30-48(42)57)54-44-26-12-14-28-46(44)55(47-29-15-13-27-45(47)54)51-35-52-56(43-25-11-9-23-41(43)51)49-33-32-38-19-7-8-22-40(38)59(49)61-58(52)39-20-4-3-5-21-39/h3-36H,1-2H3. The van der Waals surface area contributed by atoms with Gasteiger partial charge in [-0.2, -0.15) is 0 Å². The maximum Gasteiger partial charge on any atom is 0.0794 e. The fourth-order valence-corrected chi connectivity index (χ4v) is 10.1. The number of fused-ring (bicyclic) bond motifs is 10. The molecule has 0 saturated heterocycles. The number of hydrogen-bond donors (Lipinski definition) is 0. The molecule has 2 heteroatoms. The predicted octanol–water partition coefficient (Wildman–Crippen LogP) is 16.3. The van der Waals surface area contributed by atoms with E-state index in [1.54, 1.807) is 0 Å². The molecule has 1 unspecified atom stereocenters. The van der Waals surface area contributed by atoms with Crippen LogP contribution >= 0.6 is 0 Å². The van der Waals surface area contributed by atoms with E-state index >= 15 is 0 Å². The Kier molecular flexibility index (Phi) is 8.08. The number of aryl methyl sites for hydroxylation is 1. The van der Waals surface area contributed by atoms with Crippen LogP contribution < -0.4 is 0 Å². The lowest BCUT2D eigenvalue weighted by atomic mass is 9.82. The van der Waals surface area contributed by atoms with Crippen LogP contribution in [0.1, 0.15) is 12.5 Å². The van der Waals surface area contributed by atoms with Crippen molar-refractivity contribution < 1.29 is 0 Å². The van der Waals surface area contributed by atoms with Crippen molar-refractivity contribution in [1.29, 1.82) is 0 Å². The highest BCUT2D eigenvalue weighted by Gasteiger charge is 2.23. The third-order valence-electron chi connectivity index (χ3n) is 12.9. The van der Waals surface area contributed by atoms with Crippen LogP contribution in [-0.4, -0.2) is 10.7 Å². The summed E-state index contributed by atoms with van der Waals surface area (Å²) in [6, 6.07) is 64.5. The van der Waals surface area contributed by atoms with E-state index in [-0.39, 0.29) is 5.92 Å². The maximum absolute atomic E-state index is 5.59. The minimum Gasteiger partial charge on any atom is -0.252 e. The Hall–Kier alpha value is -7.68. The number of aliphatic imine (C=N–C) groups is 1. The Balaban J connectivity index is 1.20. The molecule has 1 aliphatic rings. The summed E-state index contributed by atoms with van der Waals surface area (Å²) in [5, 5.41) is 15.6. The van der Waals surface area contributed by atoms with Gasteiger partial charge in [-0.25, -0.2) is 4.98 Å². The summed E-state index contributed by atoms with van der Waals surface area (Å²) in [4.78, 5) is 10.9. The van der Waals surface area contributed by atoms with Crippen LogP contribution in [0.2, 0.25) is 0 Å². The van der Waals surface area contributed by atoms with Gasteiger partial charge in [0.05, 0.1) is 16.9 Å². The van der Waals surface area contributed by atoms with Crippen LogP contribution in [0.4, 0.5) is 5.69 Å². The van der Waals surface area contributed by atoms with E-state index in [0.717, 1.165) is 39.1 Å². The molecule has 1 aliphatic carbocycles. The summed E-state index contributed by atoms with van der Waals surface area (Å²) in [6.07, 6.45) is 8.56. The van der Waals surface area contributed by atoms with Gasteiger partial charge in [0.15, 0.2) is 0 Å². The molecule has 0 aliphatic heterocycles. The van der Waals surface area contributed by atoms with Crippen LogP contribution in [0.3, 0.4) is 0 Å². The lowest BCUT2D eigenvalue weighted by molar-refractivity contribution is 0.996. The second-order valence-electron chi connectivity index (χ2n) is 16.4. The molecule has 0 fully saturated rings. The molecule has 12 rings (SSSR count). The lowest BCUT2D eigenvalue weighted by Crippen LogP contribution is -2.07. The molecule has 0 radical (unpaired) electrons. The Labute approximate surface area is 354 Å². The van der Waals surface area contributed by atoms with E-state index in [0.29, 0.717) is 0 Å². The number of rotatable bonds is 4. The van der Waals surface area contributed by atoms with E-state index in [1.807, 2.05) is 0 Å². The van der Waals surface area contributed by atoms with Gasteiger partial charge in [0.25, 0.3) is 0 Å². The molecular weight excluding hydrogens is 737 g/mol. The van der Waals surface area contributed by atoms with Crippen molar-refractivity contribution in [2.24, 2.45) is 10.9 Å². The molecule has 1 heterocycles. The average Bonchev–Trinajstić information content (AvgIpc) is 3.31. The highest BCUT2D eigenvalue weighted by molar-refractivity contribution is 6.31. The molecule has 1 aromatic heterocycles. The number of nitrogens with zero attached hydrogens (tertiary/aromatic N) is 2. The third kappa shape index (κ3) is 5.49. The van der Waals surface area contributed by atoms with Crippen molar-refractivity contribution in [3.8, 4) is 33.5 Å². The number of pyridine rings is 1. The molecule has 0 N–H and O–H groups in total. The van der Waals surface area contributed by atoms with Crippen molar-refractivity contribution in [3.05, 3.63) is 206 Å². The largest absolute Gasteiger partial charge is 0.252 e. The summed E-state index contributed by atoms with van der Waals surface area (Å²) in [7, 11) is 0. The smallest absolute Gasteiger partial charge is 0.0794 e. The predicted molar refractivity (Wildman–Crippen MR) is 262 cm³/mol. The van der Waals surface area contributed by atoms with Gasteiger partial charge in [-0.1, -0.05) is 189 Å². The first-order valence-corrected chi connectivity index (χ1v) is 21.2. The normalized spacial score (nSPS) is 14.8. The van der Waals surface area contributed by atoms with Gasteiger partial charge in [-0.15, -0.1) is 0 Å². The Bertz CT molecular complexity index is 3660. The van der Waals surface area contributed by atoms with Gasteiger partial charge in [-0.05, 0) is 96.0 Å². The molecule has 61 heavy (non-hydrogen) atoms. The molecule has 0 bridgehead atoms. The topological polar surface area (TPSA) is 25.2 Å². The summed E-state index contributed by atoms with van der Waals surface area (Å²) in [5.74, 6) is 0.257. The first-order chi connectivity index (χ1) is 30.1. The highest BCUT2D eigenvalue weighted by atomic mass is 14.8. The van der Waals surface area contributed by atoms with Gasteiger partial charge in [0.1, 0.15) is 0 Å². The lowest BCUT2D eigenvalue weighted by Gasteiger charge is -2.22. The van der Waals surface area contributed by atoms with Crippen LogP contribution in [0.5, 0.6) is 0 Å². The fraction of sp³-hybridized carbons (Fsp3) is 0.0508. The monoisotopic (exact) mass is 776 g/mol. The van der Waals surface area contributed by atoms with Crippen molar-refractivity contribution in [2.45, 2.75) is 13.8 Å². The van der Waals surface area contributed by atoms with E-state index in [2.05, 4.69) is 214 Å². The van der Waals surface area contributed by atoms with Crippen molar-refractivity contribution >= 4 is 86.9 Å². The Morgan fingerprint density at radius 2 is 1.00 bits per heavy atom. The maximum atomic E-state index is 5.59. The van der Waals surface area contributed by atoms with Gasteiger partial charge in [0, 0.05) is 44.1 Å². The molecule has 0 spiro atoms. The summed E-state index contributed by atoms with van der Waals surface area (Å²) in [5.41, 5.74) is 11.3. The highest BCUT2D eigenvalue weighted by Crippen LogP contribution is 2.50. The first-order valence-electron chi connectivity index (χ1n) is 21.2. The molecule has 10 aromatic carbocycles. The van der Waals surface area contributed by atoms with E-state index in [4.69, 9.17) is 9.98 Å². The van der Waals surface area contributed by atoms with Crippen molar-refractivity contribution in [2.75, 3.05) is 0 Å². The molecule has 11 aromatic rings. The second kappa shape index (κ2) is 14.0. The minimum absolute atomic E-state index is 0.257. The Morgan fingerprint density at radius 1 is 0.459 bits per heavy atom.